The Labute approximate surface area is 206 Å². The zero-order chi connectivity index (χ0) is 24.0. The summed E-state index contributed by atoms with van der Waals surface area (Å²) in [5.41, 5.74) is 5.36. The highest BCUT2D eigenvalue weighted by Gasteiger charge is 2.28. The van der Waals surface area contributed by atoms with Gasteiger partial charge in [-0.15, -0.1) is 0 Å². The van der Waals surface area contributed by atoms with E-state index in [-0.39, 0.29) is 17.9 Å². The van der Waals surface area contributed by atoms with Crippen molar-refractivity contribution in [3.63, 3.8) is 0 Å². The maximum atomic E-state index is 13.3. The number of aryl methyl sites for hydroxylation is 1. The molecule has 0 spiro atoms. The molecule has 0 aliphatic carbocycles. The molecule has 178 valence electrons. The van der Waals surface area contributed by atoms with Gasteiger partial charge in [0.15, 0.2) is 0 Å². The number of nitrogens with zero attached hydrogens (tertiary/aromatic N) is 4. The molecule has 1 unspecified atom stereocenters. The molecule has 0 saturated carbocycles. The van der Waals surface area contributed by atoms with E-state index in [1.54, 1.807) is 18.6 Å². The number of hydrogen-bond acceptors (Lipinski definition) is 4. The van der Waals surface area contributed by atoms with Gasteiger partial charge in [-0.3, -0.25) is 19.7 Å². The first kappa shape index (κ1) is 23.0. The van der Waals surface area contributed by atoms with Gasteiger partial charge in [-0.1, -0.05) is 54.6 Å². The number of benzene rings is 2. The van der Waals surface area contributed by atoms with Crippen molar-refractivity contribution in [2.75, 3.05) is 13.1 Å². The van der Waals surface area contributed by atoms with Crippen LogP contribution in [0.4, 0.5) is 0 Å². The second-order valence-corrected chi connectivity index (χ2v) is 9.22. The normalized spacial score (nSPS) is 15.6. The number of aromatic nitrogens is 3. The molecule has 1 aliphatic heterocycles. The lowest BCUT2D eigenvalue weighted by molar-refractivity contribution is -0.127. The Kier molecular flexibility index (Phi) is 7.00. The van der Waals surface area contributed by atoms with Crippen LogP contribution in [0, 0.1) is 5.92 Å². The van der Waals surface area contributed by atoms with Crippen LogP contribution in [0.15, 0.2) is 91.5 Å². The average Bonchev–Trinajstić information content (AvgIpc) is 3.32. The molecular weight excluding hydrogens is 434 g/mol. The van der Waals surface area contributed by atoms with Gasteiger partial charge in [0, 0.05) is 43.8 Å². The average molecular weight is 466 g/mol. The Morgan fingerprint density at radius 3 is 2.37 bits per heavy atom. The van der Waals surface area contributed by atoms with E-state index in [1.807, 2.05) is 18.2 Å². The quantitative estimate of drug-likeness (QED) is 0.433. The van der Waals surface area contributed by atoms with Gasteiger partial charge >= 0.3 is 0 Å². The number of hydrogen-bond donors (Lipinski definition) is 1. The minimum Gasteiger partial charge on any atom is -0.353 e. The topological polar surface area (TPSA) is 63.1 Å². The zero-order valence-corrected chi connectivity index (χ0v) is 20.0. The van der Waals surface area contributed by atoms with Crippen molar-refractivity contribution in [1.29, 1.82) is 0 Å². The van der Waals surface area contributed by atoms with Gasteiger partial charge in [-0.05, 0) is 54.8 Å². The van der Waals surface area contributed by atoms with E-state index < -0.39 is 0 Å². The third-order valence-corrected chi connectivity index (χ3v) is 6.91. The van der Waals surface area contributed by atoms with Gasteiger partial charge < -0.3 is 9.88 Å². The number of carbonyl (C=O) groups excluding carboxylic acids is 1. The summed E-state index contributed by atoms with van der Waals surface area (Å²) in [6.07, 6.45) is 8.86. The zero-order valence-electron chi connectivity index (χ0n) is 20.0. The molecule has 1 saturated heterocycles. The van der Waals surface area contributed by atoms with E-state index >= 15 is 0 Å². The van der Waals surface area contributed by atoms with Crippen molar-refractivity contribution in [1.82, 2.24) is 24.8 Å². The summed E-state index contributed by atoms with van der Waals surface area (Å²) in [7, 11) is 2.08. The molecule has 35 heavy (non-hydrogen) atoms. The van der Waals surface area contributed by atoms with Crippen LogP contribution >= 0.6 is 0 Å². The summed E-state index contributed by atoms with van der Waals surface area (Å²) >= 11 is 0. The Morgan fingerprint density at radius 1 is 0.971 bits per heavy atom. The fourth-order valence-electron chi connectivity index (χ4n) is 4.79. The van der Waals surface area contributed by atoms with Gasteiger partial charge in [-0.2, -0.15) is 0 Å². The van der Waals surface area contributed by atoms with E-state index in [9.17, 15) is 4.79 Å². The molecule has 1 aliphatic rings. The number of rotatable bonds is 7. The molecule has 6 nitrogen and oxygen atoms in total. The van der Waals surface area contributed by atoms with Crippen LogP contribution < -0.4 is 5.32 Å². The Balaban J connectivity index is 1.27. The van der Waals surface area contributed by atoms with Crippen LogP contribution in [0.1, 0.15) is 35.8 Å². The number of nitrogens with one attached hydrogen (secondary N) is 1. The van der Waals surface area contributed by atoms with E-state index in [0.717, 1.165) is 49.3 Å². The summed E-state index contributed by atoms with van der Waals surface area (Å²) in [6.45, 7) is 2.77. The number of amides is 1. The monoisotopic (exact) mass is 465 g/mol. The highest BCUT2D eigenvalue weighted by molar-refractivity contribution is 5.79. The van der Waals surface area contributed by atoms with Gasteiger partial charge in [0.25, 0.3) is 0 Å². The SMILES string of the molecule is Cn1cccc1CN1CCC(C(=O)NC(c2ccc(-c3ccccc3)cc2)c2cnccn2)CC1. The van der Waals surface area contributed by atoms with Crippen LogP contribution in [-0.4, -0.2) is 38.4 Å². The predicted molar refractivity (Wildman–Crippen MR) is 137 cm³/mol. The molecule has 6 heteroatoms. The van der Waals surface area contributed by atoms with Gasteiger partial charge in [0.1, 0.15) is 0 Å². The van der Waals surface area contributed by atoms with Crippen LogP contribution in [0.5, 0.6) is 0 Å². The van der Waals surface area contributed by atoms with E-state index in [2.05, 4.69) is 86.5 Å². The van der Waals surface area contributed by atoms with Crippen LogP contribution in [0.25, 0.3) is 11.1 Å². The maximum absolute atomic E-state index is 13.3. The third-order valence-electron chi connectivity index (χ3n) is 6.91. The third kappa shape index (κ3) is 5.49. The lowest BCUT2D eigenvalue weighted by atomic mass is 9.94. The van der Waals surface area contributed by atoms with E-state index in [4.69, 9.17) is 0 Å². The fraction of sp³-hybridized carbons (Fsp3) is 0.276. The molecule has 1 N–H and O–H groups in total. The Hall–Kier alpha value is -3.77. The van der Waals surface area contributed by atoms with Crippen LogP contribution in [0.2, 0.25) is 0 Å². The molecule has 2 aromatic heterocycles. The molecular formula is C29H31N5O. The first-order valence-electron chi connectivity index (χ1n) is 12.2. The van der Waals surface area contributed by atoms with Crippen molar-refractivity contribution in [3.05, 3.63) is 108 Å². The second-order valence-electron chi connectivity index (χ2n) is 9.22. The fourth-order valence-corrected chi connectivity index (χ4v) is 4.79. The smallest absolute Gasteiger partial charge is 0.224 e. The Morgan fingerprint density at radius 2 is 1.71 bits per heavy atom. The summed E-state index contributed by atoms with van der Waals surface area (Å²) in [4.78, 5) is 24.5. The predicted octanol–water partition coefficient (Wildman–Crippen LogP) is 4.60. The first-order chi connectivity index (χ1) is 17.2. The number of likely N-dealkylation sites (tertiary alicyclic amines) is 1. The lowest BCUT2D eigenvalue weighted by Crippen LogP contribution is -2.41. The summed E-state index contributed by atoms with van der Waals surface area (Å²) < 4.78 is 2.16. The molecule has 2 aromatic carbocycles. The summed E-state index contributed by atoms with van der Waals surface area (Å²) in [5.74, 6) is 0.0914. The van der Waals surface area contributed by atoms with Crippen molar-refractivity contribution in [3.8, 4) is 11.1 Å². The van der Waals surface area contributed by atoms with Gasteiger partial charge in [0.05, 0.1) is 17.9 Å². The van der Waals surface area contributed by atoms with Crippen LogP contribution in [0.3, 0.4) is 0 Å². The second kappa shape index (κ2) is 10.7. The Bertz CT molecular complexity index is 1230. The molecule has 1 amide bonds. The molecule has 4 aromatic rings. The van der Waals surface area contributed by atoms with Crippen LogP contribution in [-0.2, 0) is 18.4 Å². The number of piperidine rings is 1. The summed E-state index contributed by atoms with van der Waals surface area (Å²) in [5, 5.41) is 3.28. The van der Waals surface area contributed by atoms with Crippen molar-refractivity contribution in [2.24, 2.45) is 13.0 Å². The number of carbonyl (C=O) groups is 1. The molecule has 1 atom stereocenters. The first-order valence-corrected chi connectivity index (χ1v) is 12.2. The molecule has 5 rings (SSSR count). The van der Waals surface area contributed by atoms with Crippen molar-refractivity contribution < 1.29 is 4.79 Å². The van der Waals surface area contributed by atoms with E-state index in [1.165, 1.54) is 11.3 Å². The van der Waals surface area contributed by atoms with Crippen molar-refractivity contribution in [2.45, 2.75) is 25.4 Å². The standard InChI is InChI=1S/C29H31N5O/c1-33-17-5-8-26(33)21-34-18-13-25(14-19-34)29(35)32-28(27-20-30-15-16-31-27)24-11-9-23(10-12-24)22-6-3-2-4-7-22/h2-12,15-17,20,25,28H,13-14,18-19,21H2,1H3,(H,32,35). The largest absolute Gasteiger partial charge is 0.353 e. The minimum absolute atomic E-state index is 0.00225. The molecule has 0 radical (unpaired) electrons. The minimum atomic E-state index is -0.331. The van der Waals surface area contributed by atoms with Gasteiger partial charge in [0.2, 0.25) is 5.91 Å². The molecule has 0 bridgehead atoms. The maximum Gasteiger partial charge on any atom is 0.224 e. The molecule has 1 fully saturated rings. The van der Waals surface area contributed by atoms with Gasteiger partial charge in [-0.25, -0.2) is 0 Å². The highest BCUT2D eigenvalue weighted by atomic mass is 16.2. The van der Waals surface area contributed by atoms with E-state index in [0.29, 0.717) is 0 Å². The summed E-state index contributed by atoms with van der Waals surface area (Å²) in [6, 6.07) is 22.5. The highest BCUT2D eigenvalue weighted by Crippen LogP contribution is 2.26. The molecule has 3 heterocycles. The van der Waals surface area contributed by atoms with Crippen molar-refractivity contribution >= 4 is 5.91 Å². The lowest BCUT2D eigenvalue weighted by Gasteiger charge is -2.32.